The Morgan fingerprint density at radius 3 is 2.46 bits per heavy atom. The van der Waals surface area contributed by atoms with Crippen LogP contribution in [0.5, 0.6) is 0 Å². The van der Waals surface area contributed by atoms with E-state index >= 15 is 0 Å². The van der Waals surface area contributed by atoms with E-state index in [1.54, 1.807) is 13.0 Å². The Labute approximate surface area is 158 Å². The van der Waals surface area contributed by atoms with Gasteiger partial charge >= 0.3 is 5.97 Å². The van der Waals surface area contributed by atoms with Crippen molar-refractivity contribution in [3.63, 3.8) is 0 Å². The Kier molecular flexibility index (Phi) is 6.74. The fourth-order valence-electron chi connectivity index (χ4n) is 2.20. The van der Waals surface area contributed by atoms with Crippen molar-refractivity contribution in [3.05, 3.63) is 69.5 Å². The average Bonchev–Trinajstić information content (AvgIpc) is 2.66. The Morgan fingerprint density at radius 2 is 1.82 bits per heavy atom. The average molecular weight is 389 g/mol. The van der Waals surface area contributed by atoms with E-state index in [4.69, 9.17) is 4.74 Å². The van der Waals surface area contributed by atoms with Crippen LogP contribution in [0.15, 0.2) is 42.5 Å². The van der Waals surface area contributed by atoms with Gasteiger partial charge in [-0.05, 0) is 36.8 Å². The standard InChI is InChI=1S/C18H16FN3O6/c1-11-3-2-4-14(22(26)27)17(11)21-15(23)10-28-16(24)9-20-18(25)12-5-7-13(19)8-6-12/h2-8H,9-10H2,1H3,(H,20,25)(H,21,23). The highest BCUT2D eigenvalue weighted by atomic mass is 19.1. The summed E-state index contributed by atoms with van der Waals surface area (Å²) in [6.07, 6.45) is 0. The summed E-state index contributed by atoms with van der Waals surface area (Å²) in [4.78, 5) is 45.7. The number of nitrogens with one attached hydrogen (secondary N) is 2. The lowest BCUT2D eigenvalue weighted by atomic mass is 10.1. The van der Waals surface area contributed by atoms with Gasteiger partial charge in [0.1, 0.15) is 18.0 Å². The third-order valence-corrected chi connectivity index (χ3v) is 3.58. The summed E-state index contributed by atoms with van der Waals surface area (Å²) in [5, 5.41) is 15.6. The van der Waals surface area contributed by atoms with Crippen LogP contribution in [0.3, 0.4) is 0 Å². The Morgan fingerprint density at radius 1 is 1.14 bits per heavy atom. The smallest absolute Gasteiger partial charge is 0.325 e. The van der Waals surface area contributed by atoms with Crippen LogP contribution in [0.2, 0.25) is 0 Å². The number of hydrogen-bond acceptors (Lipinski definition) is 6. The second kappa shape index (κ2) is 9.21. The minimum Gasteiger partial charge on any atom is -0.454 e. The largest absolute Gasteiger partial charge is 0.454 e. The highest BCUT2D eigenvalue weighted by Gasteiger charge is 2.18. The number of amides is 2. The van der Waals surface area contributed by atoms with E-state index in [-0.39, 0.29) is 16.9 Å². The van der Waals surface area contributed by atoms with Gasteiger partial charge in [-0.15, -0.1) is 0 Å². The van der Waals surface area contributed by atoms with Crippen LogP contribution in [0.1, 0.15) is 15.9 Å². The fourth-order valence-corrected chi connectivity index (χ4v) is 2.20. The zero-order valence-electron chi connectivity index (χ0n) is 14.7. The summed E-state index contributed by atoms with van der Waals surface area (Å²) in [5.41, 5.74) is 0.351. The molecule has 28 heavy (non-hydrogen) atoms. The molecule has 0 atom stereocenters. The van der Waals surface area contributed by atoms with Gasteiger partial charge in [0.05, 0.1) is 4.92 Å². The number of anilines is 1. The molecule has 2 rings (SSSR count). The van der Waals surface area contributed by atoms with Crippen LogP contribution in [0.4, 0.5) is 15.8 Å². The van der Waals surface area contributed by atoms with Crippen molar-refractivity contribution in [2.24, 2.45) is 0 Å². The lowest BCUT2D eigenvalue weighted by Gasteiger charge is -2.10. The minimum absolute atomic E-state index is 0.0122. The number of ether oxygens (including phenoxy) is 1. The first-order valence-corrected chi connectivity index (χ1v) is 8.01. The second-order valence-corrected chi connectivity index (χ2v) is 5.62. The molecule has 0 heterocycles. The van der Waals surface area contributed by atoms with Gasteiger partial charge in [0.25, 0.3) is 17.5 Å². The highest BCUT2D eigenvalue weighted by Crippen LogP contribution is 2.27. The molecule has 146 valence electrons. The van der Waals surface area contributed by atoms with Crippen molar-refractivity contribution >= 4 is 29.2 Å². The first-order chi connectivity index (χ1) is 13.3. The second-order valence-electron chi connectivity index (χ2n) is 5.62. The van der Waals surface area contributed by atoms with Crippen LogP contribution in [-0.4, -0.2) is 35.9 Å². The quantitative estimate of drug-likeness (QED) is 0.423. The van der Waals surface area contributed by atoms with Crippen molar-refractivity contribution in [1.29, 1.82) is 0 Å². The molecule has 2 N–H and O–H groups in total. The monoisotopic (exact) mass is 389 g/mol. The molecule has 9 nitrogen and oxygen atoms in total. The summed E-state index contributed by atoms with van der Waals surface area (Å²) < 4.78 is 17.5. The molecular weight excluding hydrogens is 373 g/mol. The number of rotatable bonds is 7. The topological polar surface area (TPSA) is 128 Å². The van der Waals surface area contributed by atoms with Crippen LogP contribution < -0.4 is 10.6 Å². The summed E-state index contributed by atoms with van der Waals surface area (Å²) in [6, 6.07) is 8.99. The van der Waals surface area contributed by atoms with Crippen LogP contribution in [-0.2, 0) is 14.3 Å². The van der Waals surface area contributed by atoms with Crippen molar-refractivity contribution in [1.82, 2.24) is 5.32 Å². The van der Waals surface area contributed by atoms with E-state index in [0.717, 1.165) is 12.1 Å². The van der Waals surface area contributed by atoms with Crippen LogP contribution in [0, 0.1) is 22.9 Å². The first kappa shape index (κ1) is 20.5. The number of benzene rings is 2. The molecule has 0 bridgehead atoms. The fraction of sp³-hybridized carbons (Fsp3) is 0.167. The summed E-state index contributed by atoms with van der Waals surface area (Å²) in [7, 11) is 0. The Balaban J connectivity index is 1.83. The van der Waals surface area contributed by atoms with Gasteiger partial charge in [-0.3, -0.25) is 24.5 Å². The van der Waals surface area contributed by atoms with E-state index in [0.29, 0.717) is 5.56 Å². The van der Waals surface area contributed by atoms with E-state index in [1.165, 1.54) is 24.3 Å². The number of halogens is 1. The van der Waals surface area contributed by atoms with Crippen LogP contribution >= 0.6 is 0 Å². The van der Waals surface area contributed by atoms with Crippen LogP contribution in [0.25, 0.3) is 0 Å². The number of esters is 1. The molecule has 0 aliphatic rings. The molecule has 2 aromatic rings. The van der Waals surface area contributed by atoms with Crippen molar-refractivity contribution in [3.8, 4) is 0 Å². The van der Waals surface area contributed by atoms with E-state index in [1.807, 2.05) is 0 Å². The molecule has 10 heteroatoms. The molecule has 0 saturated heterocycles. The normalized spacial score (nSPS) is 10.1. The lowest BCUT2D eigenvalue weighted by Crippen LogP contribution is -2.32. The molecule has 0 spiro atoms. The minimum atomic E-state index is -0.884. The molecule has 0 aliphatic heterocycles. The van der Waals surface area contributed by atoms with Crippen molar-refractivity contribution in [2.75, 3.05) is 18.5 Å². The molecule has 0 aliphatic carbocycles. The maximum absolute atomic E-state index is 12.8. The van der Waals surface area contributed by atoms with Gasteiger partial charge in [-0.1, -0.05) is 12.1 Å². The van der Waals surface area contributed by atoms with Gasteiger partial charge in [0.15, 0.2) is 6.61 Å². The van der Waals surface area contributed by atoms with Gasteiger partial charge < -0.3 is 15.4 Å². The molecule has 2 amide bonds. The van der Waals surface area contributed by atoms with E-state index in [2.05, 4.69) is 10.6 Å². The van der Waals surface area contributed by atoms with Gasteiger partial charge in [-0.2, -0.15) is 0 Å². The highest BCUT2D eigenvalue weighted by molar-refractivity contribution is 5.97. The van der Waals surface area contributed by atoms with Crippen molar-refractivity contribution < 1.29 is 28.4 Å². The maximum atomic E-state index is 12.8. The number of nitrogens with zero attached hydrogens (tertiary/aromatic N) is 1. The summed E-state index contributed by atoms with van der Waals surface area (Å²) in [5.74, 6) is -2.77. The third-order valence-electron chi connectivity index (χ3n) is 3.58. The zero-order valence-corrected chi connectivity index (χ0v) is 14.7. The van der Waals surface area contributed by atoms with Gasteiger partial charge in [0, 0.05) is 11.6 Å². The number of para-hydroxylation sites is 1. The van der Waals surface area contributed by atoms with E-state index < -0.39 is 41.7 Å². The molecule has 2 aromatic carbocycles. The third kappa shape index (κ3) is 5.59. The first-order valence-electron chi connectivity index (χ1n) is 8.01. The number of carbonyl (C=O) groups is 3. The number of carbonyl (C=O) groups excluding carboxylic acids is 3. The number of aryl methyl sites for hydroxylation is 1. The SMILES string of the molecule is Cc1cccc([N+](=O)[O-])c1NC(=O)COC(=O)CNC(=O)c1ccc(F)cc1. The Hall–Kier alpha value is -3.82. The predicted octanol–water partition coefficient (Wildman–Crippen LogP) is 1.95. The zero-order chi connectivity index (χ0) is 20.7. The molecule has 0 unspecified atom stereocenters. The van der Waals surface area contributed by atoms with E-state index in [9.17, 15) is 28.9 Å². The molecule has 0 aromatic heterocycles. The summed E-state index contributed by atoms with van der Waals surface area (Å²) >= 11 is 0. The molecule has 0 fully saturated rings. The summed E-state index contributed by atoms with van der Waals surface area (Å²) in [6.45, 7) is 0.393. The van der Waals surface area contributed by atoms with Gasteiger partial charge in [-0.25, -0.2) is 4.39 Å². The van der Waals surface area contributed by atoms with Gasteiger partial charge in [0.2, 0.25) is 0 Å². The lowest BCUT2D eigenvalue weighted by molar-refractivity contribution is -0.384. The predicted molar refractivity (Wildman–Crippen MR) is 96.2 cm³/mol. The molecular formula is C18H16FN3O6. The molecule has 0 radical (unpaired) electrons. The number of nitro groups is 1. The number of hydrogen-bond donors (Lipinski definition) is 2. The maximum Gasteiger partial charge on any atom is 0.325 e. The van der Waals surface area contributed by atoms with Crippen molar-refractivity contribution in [2.45, 2.75) is 6.92 Å². The number of nitro benzene ring substituents is 1. The molecule has 0 saturated carbocycles. The Bertz CT molecular complexity index is 914.